The van der Waals surface area contributed by atoms with Gasteiger partial charge in [-0.05, 0) is 43.0 Å². The standard InChI is InChI=1S/C23H23NO6/c1-3-16-12-21(25)30-20-13-17(9-10-18(16)20)29-14(2)22(26)24-19(23(27)28)11-15-7-5-4-6-8-15/h4-10,12-14,19H,3,11H2,1-2H3,(H,24,26)(H,27,28)/p-1/t14-,19+/m1/s1. The van der Waals surface area contributed by atoms with Crippen molar-refractivity contribution in [2.45, 2.75) is 38.8 Å². The number of ether oxygens (including phenoxy) is 1. The van der Waals surface area contributed by atoms with Crippen molar-refractivity contribution in [1.82, 2.24) is 5.32 Å². The lowest BCUT2D eigenvalue weighted by atomic mass is 10.1. The Hall–Kier alpha value is -3.61. The average Bonchev–Trinajstić information content (AvgIpc) is 2.72. The molecule has 0 spiro atoms. The van der Waals surface area contributed by atoms with Gasteiger partial charge in [-0.1, -0.05) is 37.3 Å². The summed E-state index contributed by atoms with van der Waals surface area (Å²) >= 11 is 0. The second-order valence-corrected chi connectivity index (χ2v) is 6.93. The van der Waals surface area contributed by atoms with Crippen LogP contribution >= 0.6 is 0 Å². The first-order chi connectivity index (χ1) is 14.4. The number of hydrogen-bond acceptors (Lipinski definition) is 6. The Labute approximate surface area is 173 Å². The molecule has 1 amide bonds. The van der Waals surface area contributed by atoms with Crippen LogP contribution in [0, 0.1) is 0 Å². The van der Waals surface area contributed by atoms with E-state index in [2.05, 4.69) is 5.32 Å². The molecule has 7 nitrogen and oxygen atoms in total. The number of carboxylic acids is 1. The molecule has 7 heteroatoms. The number of carbonyl (C=O) groups is 2. The molecule has 0 aliphatic heterocycles. The minimum atomic E-state index is -1.38. The van der Waals surface area contributed by atoms with Crippen molar-refractivity contribution in [2.75, 3.05) is 0 Å². The summed E-state index contributed by atoms with van der Waals surface area (Å²) in [5.74, 6) is -1.64. The average molecular weight is 408 g/mol. The van der Waals surface area contributed by atoms with Gasteiger partial charge in [-0.15, -0.1) is 0 Å². The van der Waals surface area contributed by atoms with Crippen LogP contribution in [0.5, 0.6) is 5.75 Å². The maximum Gasteiger partial charge on any atom is 0.336 e. The Morgan fingerprint density at radius 2 is 1.87 bits per heavy atom. The molecule has 0 unspecified atom stereocenters. The monoisotopic (exact) mass is 408 g/mol. The molecular formula is C23H22NO6-. The van der Waals surface area contributed by atoms with Gasteiger partial charge in [0.1, 0.15) is 11.3 Å². The van der Waals surface area contributed by atoms with E-state index in [1.54, 1.807) is 42.5 Å². The van der Waals surface area contributed by atoms with E-state index >= 15 is 0 Å². The highest BCUT2D eigenvalue weighted by Crippen LogP contribution is 2.23. The van der Waals surface area contributed by atoms with Crippen LogP contribution in [0.3, 0.4) is 0 Å². The molecule has 0 aliphatic rings. The van der Waals surface area contributed by atoms with Gasteiger partial charge in [0.25, 0.3) is 5.91 Å². The first-order valence-corrected chi connectivity index (χ1v) is 9.66. The number of carbonyl (C=O) groups excluding carboxylic acids is 2. The fraction of sp³-hybridized carbons (Fsp3) is 0.261. The third-order valence-electron chi connectivity index (χ3n) is 4.75. The van der Waals surface area contributed by atoms with E-state index in [1.165, 1.54) is 13.0 Å². The van der Waals surface area contributed by atoms with Crippen molar-refractivity contribution in [3.63, 3.8) is 0 Å². The van der Waals surface area contributed by atoms with Crippen molar-refractivity contribution in [1.29, 1.82) is 0 Å². The van der Waals surface area contributed by atoms with Crippen LogP contribution in [0.15, 0.2) is 63.8 Å². The number of fused-ring (bicyclic) bond motifs is 1. The number of carboxylic acid groups (broad SMARTS) is 1. The van der Waals surface area contributed by atoms with Gasteiger partial charge >= 0.3 is 5.63 Å². The molecule has 0 saturated carbocycles. The Morgan fingerprint density at radius 1 is 1.13 bits per heavy atom. The van der Waals surface area contributed by atoms with E-state index < -0.39 is 29.6 Å². The first kappa shape index (κ1) is 21.1. The van der Waals surface area contributed by atoms with Crippen LogP contribution in [0.4, 0.5) is 0 Å². The highest BCUT2D eigenvalue weighted by atomic mass is 16.5. The fourth-order valence-corrected chi connectivity index (χ4v) is 3.17. The lowest BCUT2D eigenvalue weighted by Crippen LogP contribution is -2.52. The molecule has 0 fully saturated rings. The zero-order valence-electron chi connectivity index (χ0n) is 16.7. The third-order valence-corrected chi connectivity index (χ3v) is 4.75. The maximum absolute atomic E-state index is 12.5. The zero-order valence-corrected chi connectivity index (χ0v) is 16.7. The Kier molecular flexibility index (Phi) is 6.51. The Morgan fingerprint density at radius 3 is 2.53 bits per heavy atom. The molecule has 0 radical (unpaired) electrons. The molecule has 156 valence electrons. The first-order valence-electron chi connectivity index (χ1n) is 9.66. The van der Waals surface area contributed by atoms with Crippen LogP contribution in [0.2, 0.25) is 0 Å². The molecule has 3 aromatic rings. The summed E-state index contributed by atoms with van der Waals surface area (Å²) in [5, 5.41) is 14.7. The highest BCUT2D eigenvalue weighted by molar-refractivity contribution is 5.86. The summed E-state index contributed by atoms with van der Waals surface area (Å²) in [4.78, 5) is 35.6. The van der Waals surface area contributed by atoms with Gasteiger partial charge in [0.05, 0.1) is 12.0 Å². The smallest absolute Gasteiger partial charge is 0.336 e. The molecule has 30 heavy (non-hydrogen) atoms. The maximum atomic E-state index is 12.5. The summed E-state index contributed by atoms with van der Waals surface area (Å²) in [6.45, 7) is 3.45. The summed E-state index contributed by atoms with van der Waals surface area (Å²) in [5.41, 5.74) is 1.52. The molecule has 1 heterocycles. The highest BCUT2D eigenvalue weighted by Gasteiger charge is 2.20. The molecule has 1 N–H and O–H groups in total. The molecule has 0 aliphatic carbocycles. The minimum Gasteiger partial charge on any atom is -0.548 e. The number of hydrogen-bond donors (Lipinski definition) is 1. The second kappa shape index (κ2) is 9.26. The number of benzene rings is 2. The van der Waals surface area contributed by atoms with Gasteiger partial charge in [-0.25, -0.2) is 4.79 Å². The van der Waals surface area contributed by atoms with Crippen molar-refractivity contribution in [3.05, 3.63) is 76.1 Å². The predicted molar refractivity (Wildman–Crippen MR) is 109 cm³/mol. The quantitative estimate of drug-likeness (QED) is 0.567. The van der Waals surface area contributed by atoms with Gasteiger partial charge in [-0.2, -0.15) is 0 Å². The van der Waals surface area contributed by atoms with Gasteiger partial charge in [0.2, 0.25) is 0 Å². The van der Waals surface area contributed by atoms with Crippen LogP contribution < -0.4 is 20.8 Å². The summed E-state index contributed by atoms with van der Waals surface area (Å²) in [6.07, 6.45) is -0.198. The number of nitrogens with one attached hydrogen (secondary N) is 1. The topological polar surface area (TPSA) is 109 Å². The number of rotatable bonds is 8. The number of aliphatic carboxylic acids is 1. The lowest BCUT2D eigenvalue weighted by Gasteiger charge is -2.22. The van der Waals surface area contributed by atoms with E-state index in [9.17, 15) is 19.5 Å². The molecule has 2 atom stereocenters. The Bertz CT molecular complexity index is 1110. The molecule has 2 aromatic carbocycles. The number of amides is 1. The van der Waals surface area contributed by atoms with Crippen molar-refractivity contribution < 1.29 is 23.8 Å². The molecule has 0 saturated heterocycles. The van der Waals surface area contributed by atoms with Gasteiger partial charge in [0, 0.05) is 17.5 Å². The molecule has 3 rings (SSSR count). The van der Waals surface area contributed by atoms with Crippen molar-refractivity contribution in [3.8, 4) is 5.75 Å². The van der Waals surface area contributed by atoms with Crippen LogP contribution in [0.25, 0.3) is 11.0 Å². The normalized spacial score (nSPS) is 12.9. The summed E-state index contributed by atoms with van der Waals surface area (Å²) < 4.78 is 10.9. The summed E-state index contributed by atoms with van der Waals surface area (Å²) in [6, 6.07) is 14.2. The van der Waals surface area contributed by atoms with E-state index in [-0.39, 0.29) is 6.42 Å². The van der Waals surface area contributed by atoms with Gasteiger partial charge in [-0.3, -0.25) is 4.79 Å². The minimum absolute atomic E-state index is 0.0998. The van der Waals surface area contributed by atoms with Crippen molar-refractivity contribution >= 4 is 22.8 Å². The van der Waals surface area contributed by atoms with E-state index in [1.807, 2.05) is 13.0 Å². The van der Waals surface area contributed by atoms with E-state index in [4.69, 9.17) is 9.15 Å². The Balaban J connectivity index is 1.71. The number of aryl methyl sites for hydroxylation is 1. The van der Waals surface area contributed by atoms with Crippen molar-refractivity contribution in [2.24, 2.45) is 0 Å². The van der Waals surface area contributed by atoms with Crippen LogP contribution in [-0.4, -0.2) is 24.0 Å². The molecule has 1 aromatic heterocycles. The second-order valence-electron chi connectivity index (χ2n) is 6.93. The lowest BCUT2D eigenvalue weighted by molar-refractivity contribution is -0.308. The van der Waals surface area contributed by atoms with Gasteiger partial charge < -0.3 is 24.4 Å². The van der Waals surface area contributed by atoms with Gasteiger partial charge in [0.15, 0.2) is 6.10 Å². The van der Waals surface area contributed by atoms with Crippen LogP contribution in [-0.2, 0) is 22.4 Å². The third kappa shape index (κ3) is 5.05. The SMILES string of the molecule is CCc1cc(=O)oc2cc(O[C@H](C)C(=O)N[C@@H](Cc3ccccc3)C(=O)[O-])ccc12. The molecule has 0 bridgehead atoms. The summed E-state index contributed by atoms with van der Waals surface area (Å²) in [7, 11) is 0. The fourth-order valence-electron chi connectivity index (χ4n) is 3.17. The van der Waals surface area contributed by atoms with Crippen LogP contribution in [0.1, 0.15) is 25.0 Å². The molecular weight excluding hydrogens is 386 g/mol. The zero-order chi connectivity index (χ0) is 21.7. The predicted octanol–water partition coefficient (Wildman–Crippen LogP) is 1.60. The largest absolute Gasteiger partial charge is 0.548 e. The van der Waals surface area contributed by atoms with E-state index in [0.717, 1.165) is 16.5 Å². The van der Waals surface area contributed by atoms with E-state index in [0.29, 0.717) is 17.8 Å².